The summed E-state index contributed by atoms with van der Waals surface area (Å²) in [6.45, 7) is 0.591. The zero-order chi connectivity index (χ0) is 9.84. The minimum absolute atomic E-state index is 0.0653. The van der Waals surface area contributed by atoms with Crippen molar-refractivity contribution in [3.05, 3.63) is 20.8 Å². The first kappa shape index (κ1) is 10.5. The summed E-state index contributed by atoms with van der Waals surface area (Å²) in [5, 5.41) is 2.79. The molecule has 0 fully saturated rings. The second-order valence-electron chi connectivity index (χ2n) is 2.76. The lowest BCUT2D eigenvalue weighted by Crippen LogP contribution is -2.33. The second-order valence-corrected chi connectivity index (χ2v) is 5.31. The maximum atomic E-state index is 11.1. The third kappa shape index (κ3) is 3.36. The van der Waals surface area contributed by atoms with Crippen molar-refractivity contribution in [1.29, 1.82) is 0 Å². The van der Waals surface area contributed by atoms with Crippen LogP contribution in [-0.4, -0.2) is 25.0 Å². The van der Waals surface area contributed by atoms with Gasteiger partial charge < -0.3 is 10.2 Å². The maximum absolute atomic E-state index is 11.1. The lowest BCUT2D eigenvalue weighted by molar-refractivity contribution is 0.217. The number of hydrogen-bond donors (Lipinski definition) is 1. The SMILES string of the molecule is CN(C)C(=O)NCc1ccc(Br)s1. The Morgan fingerprint density at radius 1 is 1.62 bits per heavy atom. The molecular weight excluding hydrogens is 252 g/mol. The van der Waals surface area contributed by atoms with Crippen molar-refractivity contribution in [3.63, 3.8) is 0 Å². The van der Waals surface area contributed by atoms with Gasteiger partial charge in [-0.2, -0.15) is 0 Å². The molecule has 1 aromatic heterocycles. The molecule has 0 saturated heterocycles. The van der Waals surface area contributed by atoms with Crippen molar-refractivity contribution in [2.75, 3.05) is 14.1 Å². The van der Waals surface area contributed by atoms with E-state index in [9.17, 15) is 4.79 Å². The molecule has 1 rings (SSSR count). The number of carbonyl (C=O) groups is 1. The average molecular weight is 263 g/mol. The Kier molecular flexibility index (Phi) is 3.74. The molecule has 0 atom stereocenters. The molecule has 0 spiro atoms. The molecule has 0 radical (unpaired) electrons. The lowest BCUT2D eigenvalue weighted by atomic mass is 10.5. The van der Waals surface area contributed by atoms with Gasteiger partial charge in [0.2, 0.25) is 0 Å². The van der Waals surface area contributed by atoms with E-state index in [4.69, 9.17) is 0 Å². The zero-order valence-electron chi connectivity index (χ0n) is 7.50. The van der Waals surface area contributed by atoms with Gasteiger partial charge in [-0.15, -0.1) is 11.3 Å². The molecule has 2 amide bonds. The topological polar surface area (TPSA) is 32.3 Å². The quantitative estimate of drug-likeness (QED) is 0.872. The number of thiophene rings is 1. The van der Waals surface area contributed by atoms with Crippen LogP contribution < -0.4 is 5.32 Å². The number of nitrogens with zero attached hydrogens (tertiary/aromatic N) is 1. The summed E-state index contributed by atoms with van der Waals surface area (Å²) in [5.74, 6) is 0. The van der Waals surface area contributed by atoms with Crippen LogP contribution >= 0.6 is 27.3 Å². The van der Waals surface area contributed by atoms with Gasteiger partial charge in [0.05, 0.1) is 10.3 Å². The molecule has 0 bridgehead atoms. The summed E-state index contributed by atoms with van der Waals surface area (Å²) in [6.07, 6.45) is 0. The van der Waals surface area contributed by atoms with Crippen molar-refractivity contribution >= 4 is 33.3 Å². The normalized spacial score (nSPS) is 9.77. The third-order valence-corrected chi connectivity index (χ3v) is 3.07. The summed E-state index contributed by atoms with van der Waals surface area (Å²) in [7, 11) is 3.44. The number of nitrogens with one attached hydrogen (secondary N) is 1. The van der Waals surface area contributed by atoms with Crippen LogP contribution in [0.25, 0.3) is 0 Å². The highest BCUT2D eigenvalue weighted by atomic mass is 79.9. The summed E-state index contributed by atoms with van der Waals surface area (Å²) in [6, 6.07) is 3.90. The molecule has 5 heteroatoms. The molecule has 0 aliphatic heterocycles. The van der Waals surface area contributed by atoms with E-state index in [-0.39, 0.29) is 6.03 Å². The van der Waals surface area contributed by atoms with Crippen LogP contribution in [0, 0.1) is 0 Å². The van der Waals surface area contributed by atoms with Gasteiger partial charge in [0, 0.05) is 19.0 Å². The minimum Gasteiger partial charge on any atom is -0.333 e. The van der Waals surface area contributed by atoms with E-state index in [1.807, 2.05) is 12.1 Å². The molecular formula is C8H11BrN2OS. The third-order valence-electron chi connectivity index (χ3n) is 1.45. The first-order chi connectivity index (χ1) is 6.09. The first-order valence-electron chi connectivity index (χ1n) is 3.79. The highest BCUT2D eigenvalue weighted by Gasteiger charge is 2.03. The summed E-state index contributed by atoms with van der Waals surface area (Å²) >= 11 is 4.99. The van der Waals surface area contributed by atoms with Crippen LogP contribution in [0.2, 0.25) is 0 Å². The van der Waals surface area contributed by atoms with Crippen molar-refractivity contribution < 1.29 is 4.79 Å². The van der Waals surface area contributed by atoms with Gasteiger partial charge in [0.15, 0.2) is 0 Å². The predicted molar refractivity (Wildman–Crippen MR) is 57.9 cm³/mol. The molecule has 3 nitrogen and oxygen atoms in total. The fourth-order valence-electron chi connectivity index (χ4n) is 0.768. The zero-order valence-corrected chi connectivity index (χ0v) is 9.91. The van der Waals surface area contributed by atoms with Crippen LogP contribution in [0.4, 0.5) is 4.79 Å². The van der Waals surface area contributed by atoms with E-state index in [1.54, 1.807) is 25.4 Å². The molecule has 0 aromatic carbocycles. The van der Waals surface area contributed by atoms with Crippen molar-refractivity contribution in [2.45, 2.75) is 6.54 Å². The molecule has 0 saturated carbocycles. The van der Waals surface area contributed by atoms with Crippen LogP contribution in [0.3, 0.4) is 0 Å². The van der Waals surface area contributed by atoms with E-state index in [0.717, 1.165) is 8.66 Å². The molecule has 1 aromatic rings. The molecule has 13 heavy (non-hydrogen) atoms. The predicted octanol–water partition coefficient (Wildman–Crippen LogP) is 2.28. The fraction of sp³-hybridized carbons (Fsp3) is 0.375. The van der Waals surface area contributed by atoms with Gasteiger partial charge in [-0.1, -0.05) is 0 Å². The van der Waals surface area contributed by atoms with Gasteiger partial charge >= 0.3 is 6.03 Å². The summed E-state index contributed by atoms with van der Waals surface area (Å²) in [4.78, 5) is 13.8. The number of urea groups is 1. The van der Waals surface area contributed by atoms with Gasteiger partial charge in [-0.05, 0) is 28.1 Å². The fourth-order valence-corrected chi connectivity index (χ4v) is 2.19. The van der Waals surface area contributed by atoms with Gasteiger partial charge in [-0.25, -0.2) is 4.79 Å². The Labute approximate surface area is 89.9 Å². The number of hydrogen-bond acceptors (Lipinski definition) is 2. The monoisotopic (exact) mass is 262 g/mol. The van der Waals surface area contributed by atoms with E-state index in [0.29, 0.717) is 6.54 Å². The Morgan fingerprint density at radius 2 is 2.31 bits per heavy atom. The summed E-state index contributed by atoms with van der Waals surface area (Å²) in [5.41, 5.74) is 0. The molecule has 0 aliphatic carbocycles. The van der Waals surface area contributed by atoms with Crippen molar-refractivity contribution in [1.82, 2.24) is 10.2 Å². The molecule has 0 aliphatic rings. The Morgan fingerprint density at radius 3 is 2.77 bits per heavy atom. The second kappa shape index (κ2) is 4.62. The smallest absolute Gasteiger partial charge is 0.317 e. The molecule has 1 N–H and O–H groups in total. The van der Waals surface area contributed by atoms with E-state index < -0.39 is 0 Å². The van der Waals surface area contributed by atoms with Gasteiger partial charge in [-0.3, -0.25) is 0 Å². The van der Waals surface area contributed by atoms with E-state index >= 15 is 0 Å². The largest absolute Gasteiger partial charge is 0.333 e. The number of amides is 2. The van der Waals surface area contributed by atoms with Crippen LogP contribution in [-0.2, 0) is 6.54 Å². The minimum atomic E-state index is -0.0653. The van der Waals surface area contributed by atoms with Gasteiger partial charge in [0.25, 0.3) is 0 Å². The first-order valence-corrected chi connectivity index (χ1v) is 5.40. The van der Waals surface area contributed by atoms with E-state index in [1.165, 1.54) is 4.90 Å². The van der Waals surface area contributed by atoms with Crippen molar-refractivity contribution in [2.24, 2.45) is 0 Å². The highest BCUT2D eigenvalue weighted by Crippen LogP contribution is 2.21. The van der Waals surface area contributed by atoms with Crippen molar-refractivity contribution in [3.8, 4) is 0 Å². The number of rotatable bonds is 2. The van der Waals surface area contributed by atoms with Crippen LogP contribution in [0.15, 0.2) is 15.9 Å². The van der Waals surface area contributed by atoms with Crippen LogP contribution in [0.1, 0.15) is 4.88 Å². The summed E-state index contributed by atoms with van der Waals surface area (Å²) < 4.78 is 1.08. The molecule has 72 valence electrons. The average Bonchev–Trinajstić information content (AvgIpc) is 2.47. The highest BCUT2D eigenvalue weighted by molar-refractivity contribution is 9.11. The van der Waals surface area contributed by atoms with E-state index in [2.05, 4.69) is 21.2 Å². The maximum Gasteiger partial charge on any atom is 0.317 e. The Bertz CT molecular complexity index is 298. The lowest BCUT2D eigenvalue weighted by Gasteiger charge is -2.10. The van der Waals surface area contributed by atoms with Gasteiger partial charge in [0.1, 0.15) is 0 Å². The number of carbonyl (C=O) groups excluding carboxylic acids is 1. The molecule has 0 unspecified atom stereocenters. The van der Waals surface area contributed by atoms with Crippen LogP contribution in [0.5, 0.6) is 0 Å². The standard InChI is InChI=1S/C8H11BrN2OS/c1-11(2)8(12)10-5-6-3-4-7(9)13-6/h3-4H,5H2,1-2H3,(H,10,12). The Hall–Kier alpha value is -0.550. The Balaban J connectivity index is 2.39. The number of halogens is 1. The molecule has 1 heterocycles.